The fourth-order valence-electron chi connectivity index (χ4n) is 2.87. The standard InChI is InChI=1S/C23H28O5/c1-4-9-17(2)26-14-8-15-27-23(25)22-16-20(28-18(3)24)12-13-21(22)19-10-6-5-7-11-19/h5-7,10-13,16-17H,4,8-9,14-15H2,1-3H3. The molecule has 0 spiro atoms. The quantitative estimate of drug-likeness (QED) is 0.327. The molecular weight excluding hydrogens is 356 g/mol. The lowest BCUT2D eigenvalue weighted by Gasteiger charge is -2.13. The Morgan fingerprint density at radius 3 is 2.46 bits per heavy atom. The summed E-state index contributed by atoms with van der Waals surface area (Å²) in [6.45, 7) is 6.30. The average Bonchev–Trinajstić information content (AvgIpc) is 2.68. The van der Waals surface area contributed by atoms with E-state index in [-0.39, 0.29) is 12.7 Å². The molecule has 0 aliphatic heterocycles. The van der Waals surface area contributed by atoms with Gasteiger partial charge in [0.1, 0.15) is 5.75 Å². The molecule has 0 heterocycles. The van der Waals surface area contributed by atoms with Crippen molar-refractivity contribution in [2.24, 2.45) is 0 Å². The zero-order chi connectivity index (χ0) is 20.4. The van der Waals surface area contributed by atoms with Gasteiger partial charge in [-0.3, -0.25) is 4.79 Å². The Kier molecular flexibility index (Phi) is 8.69. The van der Waals surface area contributed by atoms with E-state index in [1.165, 1.54) is 6.92 Å². The summed E-state index contributed by atoms with van der Waals surface area (Å²) >= 11 is 0. The van der Waals surface area contributed by atoms with Crippen molar-refractivity contribution in [3.05, 3.63) is 54.1 Å². The van der Waals surface area contributed by atoms with Crippen molar-refractivity contribution in [1.82, 2.24) is 0 Å². The molecule has 0 saturated carbocycles. The molecule has 1 atom stereocenters. The molecule has 0 radical (unpaired) electrons. The summed E-state index contributed by atoms with van der Waals surface area (Å²) in [6, 6.07) is 14.5. The predicted molar refractivity (Wildman–Crippen MR) is 108 cm³/mol. The maximum atomic E-state index is 12.7. The van der Waals surface area contributed by atoms with Crippen molar-refractivity contribution in [2.75, 3.05) is 13.2 Å². The van der Waals surface area contributed by atoms with Crippen LogP contribution in [-0.4, -0.2) is 31.3 Å². The summed E-state index contributed by atoms with van der Waals surface area (Å²) in [5.41, 5.74) is 1.99. The molecule has 28 heavy (non-hydrogen) atoms. The van der Waals surface area contributed by atoms with Gasteiger partial charge in [-0.05, 0) is 42.7 Å². The molecule has 0 saturated heterocycles. The van der Waals surface area contributed by atoms with Crippen LogP contribution >= 0.6 is 0 Å². The first-order chi connectivity index (χ1) is 13.5. The first-order valence-corrected chi connectivity index (χ1v) is 9.68. The number of ether oxygens (including phenoxy) is 3. The molecule has 2 aromatic rings. The van der Waals surface area contributed by atoms with E-state index in [4.69, 9.17) is 14.2 Å². The number of carbonyl (C=O) groups is 2. The fraction of sp³-hybridized carbons (Fsp3) is 0.391. The molecule has 150 valence electrons. The van der Waals surface area contributed by atoms with Crippen LogP contribution in [0.4, 0.5) is 0 Å². The Labute approximate surface area is 166 Å². The molecule has 5 heteroatoms. The minimum Gasteiger partial charge on any atom is -0.462 e. The average molecular weight is 384 g/mol. The minimum atomic E-state index is -0.450. The lowest BCUT2D eigenvalue weighted by atomic mass is 9.99. The van der Waals surface area contributed by atoms with Crippen molar-refractivity contribution >= 4 is 11.9 Å². The smallest absolute Gasteiger partial charge is 0.338 e. The number of hydrogen-bond donors (Lipinski definition) is 0. The lowest BCUT2D eigenvalue weighted by Crippen LogP contribution is -2.13. The Balaban J connectivity index is 2.06. The maximum Gasteiger partial charge on any atom is 0.338 e. The van der Waals surface area contributed by atoms with Gasteiger partial charge in [0.05, 0.1) is 24.9 Å². The number of carbonyl (C=O) groups excluding carboxylic acids is 2. The Morgan fingerprint density at radius 2 is 1.79 bits per heavy atom. The van der Waals surface area contributed by atoms with Crippen LogP contribution in [0.3, 0.4) is 0 Å². The number of esters is 2. The van der Waals surface area contributed by atoms with Gasteiger partial charge in [0.2, 0.25) is 0 Å². The summed E-state index contributed by atoms with van der Waals surface area (Å²) in [5.74, 6) is -0.574. The SMILES string of the molecule is CCCC(C)OCCCOC(=O)c1cc(OC(C)=O)ccc1-c1ccccc1. The molecule has 2 rings (SSSR count). The highest BCUT2D eigenvalue weighted by molar-refractivity contribution is 5.98. The van der Waals surface area contributed by atoms with E-state index in [1.54, 1.807) is 18.2 Å². The zero-order valence-corrected chi connectivity index (χ0v) is 16.8. The Hall–Kier alpha value is -2.66. The second-order valence-electron chi connectivity index (χ2n) is 6.63. The van der Waals surface area contributed by atoms with E-state index >= 15 is 0 Å². The van der Waals surface area contributed by atoms with E-state index in [9.17, 15) is 9.59 Å². The van der Waals surface area contributed by atoms with Crippen LogP contribution in [-0.2, 0) is 14.3 Å². The van der Waals surface area contributed by atoms with Crippen LogP contribution in [0.25, 0.3) is 11.1 Å². The van der Waals surface area contributed by atoms with Crippen molar-refractivity contribution in [2.45, 2.75) is 46.1 Å². The number of benzene rings is 2. The van der Waals surface area contributed by atoms with Crippen LogP contribution in [0.2, 0.25) is 0 Å². The highest BCUT2D eigenvalue weighted by atomic mass is 16.5. The summed E-state index contributed by atoms with van der Waals surface area (Å²) in [4.78, 5) is 23.9. The van der Waals surface area contributed by atoms with Gasteiger partial charge in [-0.25, -0.2) is 4.79 Å². The Bertz CT molecular complexity index is 770. The van der Waals surface area contributed by atoms with Crippen LogP contribution in [0.15, 0.2) is 48.5 Å². The normalized spacial score (nSPS) is 11.7. The molecular formula is C23H28O5. The van der Waals surface area contributed by atoms with Crippen molar-refractivity contribution in [3.8, 4) is 16.9 Å². The van der Waals surface area contributed by atoms with E-state index in [1.807, 2.05) is 37.3 Å². The second kappa shape index (κ2) is 11.2. The fourth-order valence-corrected chi connectivity index (χ4v) is 2.87. The molecule has 0 N–H and O–H groups in total. The second-order valence-corrected chi connectivity index (χ2v) is 6.63. The van der Waals surface area contributed by atoms with Gasteiger partial charge >= 0.3 is 11.9 Å². The molecule has 0 amide bonds. The summed E-state index contributed by atoms with van der Waals surface area (Å²) in [5, 5.41) is 0. The summed E-state index contributed by atoms with van der Waals surface area (Å²) in [6.07, 6.45) is 2.94. The third kappa shape index (κ3) is 6.82. The Morgan fingerprint density at radius 1 is 1.04 bits per heavy atom. The van der Waals surface area contributed by atoms with Crippen LogP contribution in [0.1, 0.15) is 50.4 Å². The van der Waals surface area contributed by atoms with E-state index < -0.39 is 11.9 Å². The first kappa shape index (κ1) is 21.6. The van der Waals surface area contributed by atoms with E-state index in [2.05, 4.69) is 6.92 Å². The minimum absolute atomic E-state index is 0.214. The van der Waals surface area contributed by atoms with Gasteiger partial charge in [-0.2, -0.15) is 0 Å². The topological polar surface area (TPSA) is 61.8 Å². The molecule has 1 unspecified atom stereocenters. The zero-order valence-electron chi connectivity index (χ0n) is 16.8. The monoisotopic (exact) mass is 384 g/mol. The molecule has 2 aromatic carbocycles. The first-order valence-electron chi connectivity index (χ1n) is 9.68. The van der Waals surface area contributed by atoms with Crippen LogP contribution in [0, 0.1) is 0 Å². The number of hydrogen-bond acceptors (Lipinski definition) is 5. The highest BCUT2D eigenvalue weighted by Gasteiger charge is 2.16. The molecule has 0 fully saturated rings. The largest absolute Gasteiger partial charge is 0.462 e. The van der Waals surface area contributed by atoms with Gasteiger partial charge in [-0.1, -0.05) is 43.7 Å². The predicted octanol–water partition coefficient (Wildman–Crippen LogP) is 5.03. The molecule has 5 nitrogen and oxygen atoms in total. The third-order valence-electron chi connectivity index (χ3n) is 4.18. The van der Waals surface area contributed by atoms with Gasteiger partial charge in [0, 0.05) is 13.3 Å². The van der Waals surface area contributed by atoms with Crippen LogP contribution < -0.4 is 4.74 Å². The lowest BCUT2D eigenvalue weighted by molar-refractivity contribution is -0.131. The molecule has 0 bridgehead atoms. The summed E-state index contributed by atoms with van der Waals surface area (Å²) in [7, 11) is 0. The molecule has 0 aliphatic rings. The van der Waals surface area contributed by atoms with Gasteiger partial charge < -0.3 is 14.2 Å². The van der Waals surface area contributed by atoms with Gasteiger partial charge in [0.25, 0.3) is 0 Å². The van der Waals surface area contributed by atoms with E-state index in [0.717, 1.165) is 24.0 Å². The van der Waals surface area contributed by atoms with Crippen molar-refractivity contribution < 1.29 is 23.8 Å². The third-order valence-corrected chi connectivity index (χ3v) is 4.18. The number of rotatable bonds is 10. The van der Waals surface area contributed by atoms with Crippen molar-refractivity contribution in [1.29, 1.82) is 0 Å². The van der Waals surface area contributed by atoms with Gasteiger partial charge in [-0.15, -0.1) is 0 Å². The maximum absolute atomic E-state index is 12.7. The van der Waals surface area contributed by atoms with Crippen LogP contribution in [0.5, 0.6) is 5.75 Å². The molecule has 0 aliphatic carbocycles. The highest BCUT2D eigenvalue weighted by Crippen LogP contribution is 2.28. The summed E-state index contributed by atoms with van der Waals surface area (Å²) < 4.78 is 16.2. The van der Waals surface area contributed by atoms with Gasteiger partial charge in [0.15, 0.2) is 0 Å². The van der Waals surface area contributed by atoms with Crippen molar-refractivity contribution in [3.63, 3.8) is 0 Å². The van der Waals surface area contributed by atoms with E-state index in [0.29, 0.717) is 24.3 Å². The molecule has 0 aromatic heterocycles.